The maximum atomic E-state index is 11.9. The van der Waals surface area contributed by atoms with Gasteiger partial charge >= 0.3 is 0 Å². The lowest BCUT2D eigenvalue weighted by molar-refractivity contribution is 0.0945. The summed E-state index contributed by atoms with van der Waals surface area (Å²) >= 11 is 0. The van der Waals surface area contributed by atoms with E-state index in [9.17, 15) is 4.79 Å². The van der Waals surface area contributed by atoms with E-state index in [0.29, 0.717) is 12.2 Å². The van der Waals surface area contributed by atoms with Gasteiger partial charge in [-0.25, -0.2) is 9.97 Å². The van der Waals surface area contributed by atoms with Gasteiger partial charge in [0.15, 0.2) is 0 Å². The second-order valence-electron chi connectivity index (χ2n) is 4.54. The van der Waals surface area contributed by atoms with E-state index in [1.54, 1.807) is 6.07 Å². The summed E-state index contributed by atoms with van der Waals surface area (Å²) in [6, 6.07) is 1.71. The van der Waals surface area contributed by atoms with Gasteiger partial charge in [0, 0.05) is 29.2 Å². The lowest BCUT2D eigenvalue weighted by Gasteiger charge is -2.10. The van der Waals surface area contributed by atoms with Crippen molar-refractivity contribution in [2.45, 2.75) is 34.2 Å². The molecule has 0 fully saturated rings. The molecule has 0 radical (unpaired) electrons. The number of aromatic nitrogens is 4. The number of aromatic amines is 1. The van der Waals surface area contributed by atoms with Crippen LogP contribution in [0.5, 0.6) is 0 Å². The fourth-order valence-electron chi connectivity index (χ4n) is 1.96. The molecule has 2 heterocycles. The van der Waals surface area contributed by atoms with Gasteiger partial charge in [-0.1, -0.05) is 0 Å². The molecule has 19 heavy (non-hydrogen) atoms. The van der Waals surface area contributed by atoms with Crippen molar-refractivity contribution in [1.82, 2.24) is 25.5 Å². The number of aryl methyl sites for hydroxylation is 4. The minimum absolute atomic E-state index is 0.205. The number of hydrogen-bond acceptors (Lipinski definition) is 4. The van der Waals surface area contributed by atoms with Gasteiger partial charge in [-0.05, 0) is 33.8 Å². The number of carbonyl (C=O) groups excluding carboxylic acids is 1. The highest BCUT2D eigenvalue weighted by Gasteiger charge is 2.11. The Hall–Kier alpha value is -2.24. The first-order valence-corrected chi connectivity index (χ1v) is 6.08. The molecule has 2 aromatic heterocycles. The summed E-state index contributed by atoms with van der Waals surface area (Å²) in [5.41, 5.74) is 3.98. The predicted molar refractivity (Wildman–Crippen MR) is 70.7 cm³/mol. The van der Waals surface area contributed by atoms with Gasteiger partial charge in [0.05, 0.1) is 0 Å². The predicted octanol–water partition coefficient (Wildman–Crippen LogP) is 1.36. The summed E-state index contributed by atoms with van der Waals surface area (Å²) in [5, 5.41) is 9.49. The van der Waals surface area contributed by atoms with Crippen molar-refractivity contribution in [3.05, 3.63) is 40.2 Å². The van der Waals surface area contributed by atoms with E-state index in [2.05, 4.69) is 25.5 Å². The van der Waals surface area contributed by atoms with Gasteiger partial charge in [-0.3, -0.25) is 9.89 Å². The average molecular weight is 259 g/mol. The van der Waals surface area contributed by atoms with Crippen LogP contribution in [0.15, 0.2) is 6.07 Å². The van der Waals surface area contributed by atoms with Gasteiger partial charge in [-0.15, -0.1) is 0 Å². The third-order valence-electron chi connectivity index (χ3n) is 2.90. The zero-order valence-corrected chi connectivity index (χ0v) is 11.5. The van der Waals surface area contributed by atoms with Crippen LogP contribution in [-0.2, 0) is 6.54 Å². The summed E-state index contributed by atoms with van der Waals surface area (Å²) in [5.74, 6) is 0.539. The number of H-pyrrole nitrogens is 1. The summed E-state index contributed by atoms with van der Waals surface area (Å²) in [4.78, 5) is 20.5. The van der Waals surface area contributed by atoms with Crippen LogP contribution < -0.4 is 5.32 Å². The van der Waals surface area contributed by atoms with Crippen LogP contribution in [0, 0.1) is 27.7 Å². The normalized spacial score (nSPS) is 10.5. The van der Waals surface area contributed by atoms with Gasteiger partial charge in [0.25, 0.3) is 5.91 Å². The first kappa shape index (κ1) is 13.2. The van der Waals surface area contributed by atoms with Crippen molar-refractivity contribution in [2.75, 3.05) is 0 Å². The summed E-state index contributed by atoms with van der Waals surface area (Å²) in [7, 11) is 0. The number of carbonyl (C=O) groups is 1. The highest BCUT2D eigenvalue weighted by molar-refractivity contribution is 5.92. The average Bonchev–Trinajstić information content (AvgIpc) is 2.74. The largest absolute Gasteiger partial charge is 0.346 e. The Kier molecular flexibility index (Phi) is 3.59. The third kappa shape index (κ3) is 2.96. The second kappa shape index (κ2) is 5.17. The molecule has 0 aliphatic rings. The van der Waals surface area contributed by atoms with E-state index in [-0.39, 0.29) is 5.91 Å². The SMILES string of the molecule is Cc1nc(C)c(CNC(=O)c2cc(C)[nH]n2)c(C)n1. The van der Waals surface area contributed by atoms with E-state index >= 15 is 0 Å². The molecule has 0 atom stereocenters. The fraction of sp³-hybridized carbons (Fsp3) is 0.385. The monoisotopic (exact) mass is 259 g/mol. The number of nitrogens with one attached hydrogen (secondary N) is 2. The molecule has 0 aliphatic carbocycles. The highest BCUT2D eigenvalue weighted by Crippen LogP contribution is 2.10. The first-order valence-electron chi connectivity index (χ1n) is 6.08. The molecule has 0 saturated heterocycles. The first-order chi connectivity index (χ1) is 8.97. The van der Waals surface area contributed by atoms with Crippen molar-refractivity contribution >= 4 is 5.91 Å². The minimum atomic E-state index is -0.205. The zero-order chi connectivity index (χ0) is 14.0. The van der Waals surface area contributed by atoms with E-state index in [1.807, 2.05) is 27.7 Å². The topological polar surface area (TPSA) is 83.6 Å². The molecule has 0 bridgehead atoms. The standard InChI is InChI=1S/C13H17N5O/c1-7-5-12(18-17-7)13(19)14-6-11-8(2)15-10(4)16-9(11)3/h5H,6H2,1-4H3,(H,14,19)(H,17,18). The van der Waals surface area contributed by atoms with E-state index in [0.717, 1.165) is 28.5 Å². The molecule has 1 amide bonds. The Morgan fingerprint density at radius 2 is 1.84 bits per heavy atom. The van der Waals surface area contributed by atoms with Crippen molar-refractivity contribution < 1.29 is 4.79 Å². The van der Waals surface area contributed by atoms with Crippen molar-refractivity contribution in [2.24, 2.45) is 0 Å². The summed E-state index contributed by atoms with van der Waals surface area (Å²) < 4.78 is 0. The van der Waals surface area contributed by atoms with Crippen LogP contribution in [0.3, 0.4) is 0 Å². The van der Waals surface area contributed by atoms with Crippen LogP contribution in [0.2, 0.25) is 0 Å². The number of amides is 1. The molecule has 2 N–H and O–H groups in total. The van der Waals surface area contributed by atoms with Crippen molar-refractivity contribution in [3.8, 4) is 0 Å². The molecular formula is C13H17N5O. The quantitative estimate of drug-likeness (QED) is 0.871. The smallest absolute Gasteiger partial charge is 0.272 e. The van der Waals surface area contributed by atoms with Gasteiger partial charge in [-0.2, -0.15) is 5.10 Å². The van der Waals surface area contributed by atoms with Crippen LogP contribution in [0.4, 0.5) is 0 Å². The summed E-state index contributed by atoms with van der Waals surface area (Å²) in [6.45, 7) is 7.95. The molecule has 0 saturated carbocycles. The van der Waals surface area contributed by atoms with Crippen LogP contribution in [0.1, 0.15) is 39.0 Å². The molecule has 0 spiro atoms. The molecule has 0 aromatic carbocycles. The van der Waals surface area contributed by atoms with Gasteiger partial charge in [0.1, 0.15) is 11.5 Å². The fourth-order valence-corrected chi connectivity index (χ4v) is 1.96. The Bertz CT molecular complexity index is 594. The Balaban J connectivity index is 2.09. The van der Waals surface area contributed by atoms with E-state index in [4.69, 9.17) is 0 Å². The van der Waals surface area contributed by atoms with Crippen molar-refractivity contribution in [3.63, 3.8) is 0 Å². The molecule has 6 nitrogen and oxygen atoms in total. The highest BCUT2D eigenvalue weighted by atomic mass is 16.1. The van der Waals surface area contributed by atoms with E-state index < -0.39 is 0 Å². The van der Waals surface area contributed by atoms with Gasteiger partial charge < -0.3 is 5.32 Å². The van der Waals surface area contributed by atoms with Crippen LogP contribution in [-0.4, -0.2) is 26.1 Å². The molecule has 100 valence electrons. The maximum Gasteiger partial charge on any atom is 0.272 e. The van der Waals surface area contributed by atoms with E-state index in [1.165, 1.54) is 0 Å². The number of nitrogens with zero attached hydrogens (tertiary/aromatic N) is 3. The number of hydrogen-bond donors (Lipinski definition) is 2. The molecule has 2 rings (SSSR count). The maximum absolute atomic E-state index is 11.9. The third-order valence-corrected chi connectivity index (χ3v) is 2.90. The second-order valence-corrected chi connectivity index (χ2v) is 4.54. The molecule has 0 aliphatic heterocycles. The molecule has 0 unspecified atom stereocenters. The van der Waals surface area contributed by atoms with Crippen LogP contribution in [0.25, 0.3) is 0 Å². The zero-order valence-electron chi connectivity index (χ0n) is 11.5. The minimum Gasteiger partial charge on any atom is -0.346 e. The molecular weight excluding hydrogens is 242 g/mol. The Morgan fingerprint density at radius 3 is 2.37 bits per heavy atom. The molecule has 6 heteroatoms. The Morgan fingerprint density at radius 1 is 1.21 bits per heavy atom. The van der Waals surface area contributed by atoms with Gasteiger partial charge in [0.2, 0.25) is 0 Å². The van der Waals surface area contributed by atoms with Crippen LogP contribution >= 0.6 is 0 Å². The number of rotatable bonds is 3. The lowest BCUT2D eigenvalue weighted by atomic mass is 10.1. The Labute approximate surface area is 111 Å². The lowest BCUT2D eigenvalue weighted by Crippen LogP contribution is -2.24. The van der Waals surface area contributed by atoms with Crippen molar-refractivity contribution in [1.29, 1.82) is 0 Å². The summed E-state index contributed by atoms with van der Waals surface area (Å²) in [6.07, 6.45) is 0. The molecule has 2 aromatic rings.